The Hall–Kier alpha value is -1.06. The van der Waals surface area contributed by atoms with Gasteiger partial charge in [-0.2, -0.15) is 0 Å². The molecule has 1 rings (SSSR count). The van der Waals surface area contributed by atoms with Crippen LogP contribution in [0.5, 0.6) is 0 Å². The summed E-state index contributed by atoms with van der Waals surface area (Å²) in [5.74, 6) is 1.03. The average molecular weight is 278 g/mol. The van der Waals surface area contributed by atoms with E-state index in [0.717, 1.165) is 25.4 Å². The van der Waals surface area contributed by atoms with Crippen molar-refractivity contribution < 1.29 is 4.42 Å². The Bertz CT molecular complexity index is 421. The monoisotopic (exact) mass is 278 g/mol. The van der Waals surface area contributed by atoms with Gasteiger partial charge in [-0.15, -0.1) is 6.58 Å². The predicted molar refractivity (Wildman–Crippen MR) is 85.7 cm³/mol. The molecule has 0 saturated carbocycles. The second-order valence-electron chi connectivity index (χ2n) is 7.31. The van der Waals surface area contributed by atoms with E-state index in [-0.39, 0.29) is 11.1 Å². The highest BCUT2D eigenvalue weighted by atomic mass is 16.3. The number of furan rings is 1. The summed E-state index contributed by atoms with van der Waals surface area (Å²) in [4.78, 5) is 2.39. The van der Waals surface area contributed by atoms with Crippen molar-refractivity contribution in [1.82, 2.24) is 10.2 Å². The summed E-state index contributed by atoms with van der Waals surface area (Å²) in [6.07, 6.45) is 3.74. The SMILES string of the molecule is C=CCN(Cc1ccoc1CNC(C)(C)C)C(C)(C)C. The number of nitrogens with zero attached hydrogens (tertiary/aromatic N) is 1. The van der Waals surface area contributed by atoms with Gasteiger partial charge in [-0.25, -0.2) is 0 Å². The number of nitrogens with one attached hydrogen (secondary N) is 1. The quantitative estimate of drug-likeness (QED) is 0.799. The van der Waals surface area contributed by atoms with Crippen molar-refractivity contribution in [2.45, 2.75) is 65.7 Å². The molecule has 0 saturated heterocycles. The van der Waals surface area contributed by atoms with Crippen molar-refractivity contribution in [2.75, 3.05) is 6.54 Å². The molecule has 1 aromatic heterocycles. The molecule has 0 aliphatic carbocycles. The van der Waals surface area contributed by atoms with Gasteiger partial charge in [0.25, 0.3) is 0 Å². The second-order valence-corrected chi connectivity index (χ2v) is 7.31. The van der Waals surface area contributed by atoms with E-state index in [4.69, 9.17) is 4.42 Å². The van der Waals surface area contributed by atoms with Gasteiger partial charge in [-0.05, 0) is 47.6 Å². The van der Waals surface area contributed by atoms with E-state index in [1.54, 1.807) is 6.26 Å². The third-order valence-corrected chi connectivity index (χ3v) is 3.28. The first-order chi connectivity index (χ1) is 9.13. The first kappa shape index (κ1) is 17.0. The van der Waals surface area contributed by atoms with Crippen LogP contribution in [0.1, 0.15) is 52.9 Å². The maximum Gasteiger partial charge on any atom is 0.122 e. The summed E-state index contributed by atoms with van der Waals surface area (Å²) in [7, 11) is 0. The lowest BCUT2D eigenvalue weighted by molar-refractivity contribution is 0.144. The lowest BCUT2D eigenvalue weighted by Gasteiger charge is -2.34. The summed E-state index contributed by atoms with van der Waals surface area (Å²) in [5.41, 5.74) is 1.45. The second kappa shape index (κ2) is 6.59. The Balaban J connectivity index is 2.76. The first-order valence-electron chi connectivity index (χ1n) is 7.30. The summed E-state index contributed by atoms with van der Waals surface area (Å²) in [5, 5.41) is 3.48. The molecule has 1 aromatic rings. The topological polar surface area (TPSA) is 28.4 Å². The fourth-order valence-corrected chi connectivity index (χ4v) is 1.95. The van der Waals surface area contributed by atoms with E-state index >= 15 is 0 Å². The average Bonchev–Trinajstić information content (AvgIpc) is 2.71. The Morgan fingerprint density at radius 3 is 2.40 bits per heavy atom. The molecule has 3 heteroatoms. The van der Waals surface area contributed by atoms with Gasteiger partial charge >= 0.3 is 0 Å². The molecular weight excluding hydrogens is 248 g/mol. The summed E-state index contributed by atoms with van der Waals surface area (Å²) < 4.78 is 5.64. The normalized spacial score (nSPS) is 12.9. The Morgan fingerprint density at radius 2 is 1.90 bits per heavy atom. The zero-order valence-corrected chi connectivity index (χ0v) is 13.9. The molecule has 1 heterocycles. The van der Waals surface area contributed by atoms with Crippen LogP contribution in [0.3, 0.4) is 0 Å². The summed E-state index contributed by atoms with van der Waals surface area (Å²) >= 11 is 0. The lowest BCUT2D eigenvalue weighted by atomic mass is 10.0. The zero-order valence-electron chi connectivity index (χ0n) is 13.9. The predicted octanol–water partition coefficient (Wildman–Crippen LogP) is 3.95. The van der Waals surface area contributed by atoms with E-state index in [1.165, 1.54) is 5.56 Å². The van der Waals surface area contributed by atoms with Crippen LogP contribution in [0.2, 0.25) is 0 Å². The standard InChI is InChI=1S/C17H30N2O/c1-8-10-19(17(5,6)7)13-14-9-11-20-15(14)12-18-16(2,3)4/h8-9,11,18H,1,10,12-13H2,2-7H3. The van der Waals surface area contributed by atoms with Crippen LogP contribution in [-0.2, 0) is 13.1 Å². The molecule has 0 radical (unpaired) electrons. The fourth-order valence-electron chi connectivity index (χ4n) is 1.95. The molecule has 0 unspecified atom stereocenters. The van der Waals surface area contributed by atoms with Gasteiger partial charge in [-0.1, -0.05) is 6.08 Å². The molecule has 0 spiro atoms. The maximum atomic E-state index is 5.64. The van der Waals surface area contributed by atoms with Crippen molar-refractivity contribution in [3.63, 3.8) is 0 Å². The molecule has 0 bridgehead atoms. The van der Waals surface area contributed by atoms with E-state index in [0.29, 0.717) is 0 Å². The molecule has 0 aliphatic rings. The number of hydrogen-bond acceptors (Lipinski definition) is 3. The Labute approximate surface area is 124 Å². The molecule has 0 aliphatic heterocycles. The minimum absolute atomic E-state index is 0.0922. The van der Waals surface area contributed by atoms with Crippen LogP contribution in [0, 0.1) is 0 Å². The van der Waals surface area contributed by atoms with Gasteiger partial charge < -0.3 is 9.73 Å². The van der Waals surface area contributed by atoms with Crippen molar-refractivity contribution in [3.05, 3.63) is 36.3 Å². The van der Waals surface area contributed by atoms with Crippen LogP contribution in [0.15, 0.2) is 29.4 Å². The number of rotatable bonds is 6. The van der Waals surface area contributed by atoms with Gasteiger partial charge in [-0.3, -0.25) is 4.90 Å². The van der Waals surface area contributed by atoms with E-state index in [2.05, 4.69) is 64.4 Å². The van der Waals surface area contributed by atoms with Gasteiger partial charge in [0.1, 0.15) is 5.76 Å². The minimum Gasteiger partial charge on any atom is -0.468 e. The van der Waals surface area contributed by atoms with Gasteiger partial charge in [0.2, 0.25) is 0 Å². The van der Waals surface area contributed by atoms with Gasteiger partial charge in [0, 0.05) is 29.7 Å². The van der Waals surface area contributed by atoms with Gasteiger partial charge in [0.15, 0.2) is 0 Å². The van der Waals surface area contributed by atoms with Crippen LogP contribution in [0.25, 0.3) is 0 Å². The molecule has 3 nitrogen and oxygen atoms in total. The molecule has 20 heavy (non-hydrogen) atoms. The van der Waals surface area contributed by atoms with Crippen molar-refractivity contribution in [2.24, 2.45) is 0 Å². The summed E-state index contributed by atoms with van der Waals surface area (Å²) in [6, 6.07) is 2.07. The molecule has 0 aromatic carbocycles. The molecular formula is C17H30N2O. The third-order valence-electron chi connectivity index (χ3n) is 3.28. The van der Waals surface area contributed by atoms with Crippen molar-refractivity contribution in [1.29, 1.82) is 0 Å². The van der Waals surface area contributed by atoms with Crippen LogP contribution in [0.4, 0.5) is 0 Å². The van der Waals surface area contributed by atoms with Crippen LogP contribution >= 0.6 is 0 Å². The smallest absolute Gasteiger partial charge is 0.122 e. The Morgan fingerprint density at radius 1 is 1.25 bits per heavy atom. The fraction of sp³-hybridized carbons (Fsp3) is 0.647. The molecule has 0 atom stereocenters. The maximum absolute atomic E-state index is 5.64. The van der Waals surface area contributed by atoms with Gasteiger partial charge in [0.05, 0.1) is 12.8 Å². The zero-order chi connectivity index (χ0) is 15.4. The molecule has 0 fully saturated rings. The van der Waals surface area contributed by atoms with E-state index in [9.17, 15) is 0 Å². The highest BCUT2D eigenvalue weighted by Gasteiger charge is 2.22. The highest BCUT2D eigenvalue weighted by Crippen LogP contribution is 2.20. The third kappa shape index (κ3) is 5.51. The highest BCUT2D eigenvalue weighted by molar-refractivity contribution is 5.17. The molecule has 114 valence electrons. The molecule has 1 N–H and O–H groups in total. The largest absolute Gasteiger partial charge is 0.468 e. The van der Waals surface area contributed by atoms with E-state index < -0.39 is 0 Å². The van der Waals surface area contributed by atoms with Crippen molar-refractivity contribution >= 4 is 0 Å². The van der Waals surface area contributed by atoms with Crippen LogP contribution < -0.4 is 5.32 Å². The van der Waals surface area contributed by atoms with Crippen LogP contribution in [-0.4, -0.2) is 22.5 Å². The minimum atomic E-state index is 0.0922. The summed E-state index contributed by atoms with van der Waals surface area (Å²) in [6.45, 7) is 19.5. The molecule has 0 amide bonds. The van der Waals surface area contributed by atoms with Crippen molar-refractivity contribution in [3.8, 4) is 0 Å². The Kier molecular flexibility index (Phi) is 5.60. The lowest BCUT2D eigenvalue weighted by Crippen LogP contribution is -2.41. The van der Waals surface area contributed by atoms with E-state index in [1.807, 2.05) is 6.08 Å². The number of hydrogen-bond donors (Lipinski definition) is 1. The first-order valence-corrected chi connectivity index (χ1v) is 7.30.